The molecule has 6 heteroatoms. The van der Waals surface area contributed by atoms with Crippen LogP contribution in [0.4, 0.5) is 0 Å². The average molecular weight is 539 g/mol. The van der Waals surface area contributed by atoms with Crippen LogP contribution in [0.3, 0.4) is 0 Å². The summed E-state index contributed by atoms with van der Waals surface area (Å²) in [6.07, 6.45) is -1.67. The SMILES string of the molecule is COc1ccc(C(OCC23COC(C(c4ccccc4C)O2)C3O)(c2ccccc2)c2ccc(OC)cc2)cc1. The molecule has 6 rings (SSSR count). The van der Waals surface area contributed by atoms with Gasteiger partial charge in [-0.25, -0.2) is 0 Å². The van der Waals surface area contributed by atoms with E-state index in [1.54, 1.807) is 14.2 Å². The first-order valence-corrected chi connectivity index (χ1v) is 13.5. The molecule has 0 amide bonds. The van der Waals surface area contributed by atoms with Gasteiger partial charge >= 0.3 is 0 Å². The van der Waals surface area contributed by atoms with Crippen molar-refractivity contribution in [3.8, 4) is 11.5 Å². The van der Waals surface area contributed by atoms with E-state index in [-0.39, 0.29) is 19.3 Å². The van der Waals surface area contributed by atoms with E-state index >= 15 is 0 Å². The lowest BCUT2D eigenvalue weighted by Crippen LogP contribution is -2.48. The molecule has 0 radical (unpaired) electrons. The third-order valence-electron chi connectivity index (χ3n) is 8.23. The Morgan fingerprint density at radius 2 is 1.32 bits per heavy atom. The standard InChI is InChI=1S/C34H34O6/c1-23-9-7-8-12-29(23)30-31-32(35)33(40-30,21-38-31)22-39-34(24-10-5-4-6-11-24,25-13-17-27(36-2)18-14-25)26-15-19-28(37-3)20-16-26/h4-20,30-32,35H,21-22H2,1-3H3. The summed E-state index contributed by atoms with van der Waals surface area (Å²) in [6, 6.07) is 34.0. The molecule has 0 aromatic heterocycles. The quantitative estimate of drug-likeness (QED) is 0.280. The third kappa shape index (κ3) is 4.38. The molecule has 206 valence electrons. The van der Waals surface area contributed by atoms with Crippen molar-refractivity contribution in [1.29, 1.82) is 0 Å². The topological polar surface area (TPSA) is 66.4 Å². The predicted octanol–water partition coefficient (Wildman–Crippen LogP) is 5.59. The lowest BCUT2D eigenvalue weighted by Gasteiger charge is -2.39. The molecule has 0 aliphatic carbocycles. The fourth-order valence-electron chi connectivity index (χ4n) is 6.00. The fourth-order valence-corrected chi connectivity index (χ4v) is 6.00. The van der Waals surface area contributed by atoms with E-state index < -0.39 is 23.4 Å². The number of aliphatic hydroxyl groups excluding tert-OH is 1. The van der Waals surface area contributed by atoms with Crippen molar-refractivity contribution in [3.05, 3.63) is 131 Å². The molecule has 4 aromatic carbocycles. The van der Waals surface area contributed by atoms with Gasteiger partial charge in [0.2, 0.25) is 0 Å². The molecule has 2 saturated heterocycles. The van der Waals surface area contributed by atoms with Crippen molar-refractivity contribution < 1.29 is 28.8 Å². The molecule has 2 bridgehead atoms. The largest absolute Gasteiger partial charge is 0.497 e. The van der Waals surface area contributed by atoms with Crippen molar-refractivity contribution in [2.75, 3.05) is 27.4 Å². The first-order valence-electron chi connectivity index (χ1n) is 13.5. The highest BCUT2D eigenvalue weighted by Gasteiger charge is 2.62. The number of hydrogen-bond donors (Lipinski definition) is 1. The Labute approximate surface area is 235 Å². The monoisotopic (exact) mass is 538 g/mol. The van der Waals surface area contributed by atoms with Gasteiger partial charge in [-0.1, -0.05) is 78.9 Å². The van der Waals surface area contributed by atoms with Gasteiger partial charge in [0.05, 0.1) is 27.4 Å². The van der Waals surface area contributed by atoms with Crippen LogP contribution < -0.4 is 9.47 Å². The molecule has 40 heavy (non-hydrogen) atoms. The number of aryl methyl sites for hydroxylation is 1. The second kappa shape index (κ2) is 10.7. The highest BCUT2D eigenvalue weighted by Crippen LogP contribution is 2.50. The van der Waals surface area contributed by atoms with Crippen molar-refractivity contribution in [1.82, 2.24) is 0 Å². The fraction of sp³-hybridized carbons (Fsp3) is 0.294. The Bertz CT molecular complexity index is 1390. The molecule has 2 fully saturated rings. The molecule has 2 aliphatic rings. The average Bonchev–Trinajstić information content (AvgIpc) is 3.47. The van der Waals surface area contributed by atoms with Crippen LogP contribution in [-0.4, -0.2) is 50.3 Å². The Morgan fingerprint density at radius 1 is 0.775 bits per heavy atom. The zero-order chi connectivity index (χ0) is 27.7. The third-order valence-corrected chi connectivity index (χ3v) is 8.23. The first-order chi connectivity index (χ1) is 19.5. The minimum Gasteiger partial charge on any atom is -0.497 e. The maximum Gasteiger partial charge on any atom is 0.144 e. The first kappa shape index (κ1) is 26.5. The van der Waals surface area contributed by atoms with Crippen molar-refractivity contribution >= 4 is 0 Å². The number of benzene rings is 4. The lowest BCUT2D eigenvalue weighted by molar-refractivity contribution is -0.184. The maximum absolute atomic E-state index is 11.5. The minimum absolute atomic E-state index is 0.111. The summed E-state index contributed by atoms with van der Waals surface area (Å²) in [4.78, 5) is 0. The Hall–Kier alpha value is -3.68. The molecule has 0 spiro atoms. The zero-order valence-corrected chi connectivity index (χ0v) is 22.9. The van der Waals surface area contributed by atoms with Crippen LogP contribution in [0.5, 0.6) is 11.5 Å². The van der Waals surface area contributed by atoms with Gasteiger partial charge in [-0.05, 0) is 59.0 Å². The lowest BCUT2D eigenvalue weighted by atomic mass is 9.79. The molecule has 4 unspecified atom stereocenters. The van der Waals surface area contributed by atoms with Crippen LogP contribution in [0.25, 0.3) is 0 Å². The number of ether oxygens (including phenoxy) is 5. The number of hydrogen-bond acceptors (Lipinski definition) is 6. The van der Waals surface area contributed by atoms with E-state index in [4.69, 9.17) is 23.7 Å². The summed E-state index contributed by atoms with van der Waals surface area (Å²) in [6.45, 7) is 2.41. The van der Waals surface area contributed by atoms with E-state index in [1.165, 1.54) is 0 Å². The summed E-state index contributed by atoms with van der Waals surface area (Å²) in [7, 11) is 3.30. The number of methoxy groups -OCH3 is 2. The van der Waals surface area contributed by atoms with E-state index in [9.17, 15) is 5.11 Å². The zero-order valence-electron chi connectivity index (χ0n) is 22.9. The van der Waals surface area contributed by atoms with E-state index in [0.717, 1.165) is 39.3 Å². The second-order valence-corrected chi connectivity index (χ2v) is 10.5. The number of rotatable bonds is 9. The summed E-state index contributed by atoms with van der Waals surface area (Å²) in [5, 5.41) is 11.5. The van der Waals surface area contributed by atoms with Crippen LogP contribution in [0.2, 0.25) is 0 Å². The van der Waals surface area contributed by atoms with Gasteiger partial charge in [-0.15, -0.1) is 0 Å². The van der Waals surface area contributed by atoms with Gasteiger partial charge in [0.25, 0.3) is 0 Å². The summed E-state index contributed by atoms with van der Waals surface area (Å²) in [5.74, 6) is 1.50. The van der Waals surface area contributed by atoms with Crippen molar-refractivity contribution in [3.63, 3.8) is 0 Å². The smallest absolute Gasteiger partial charge is 0.144 e. The number of fused-ring (bicyclic) bond motifs is 2. The van der Waals surface area contributed by atoms with Gasteiger partial charge in [-0.2, -0.15) is 0 Å². The maximum atomic E-state index is 11.5. The van der Waals surface area contributed by atoms with Crippen LogP contribution in [-0.2, 0) is 19.8 Å². The van der Waals surface area contributed by atoms with Crippen molar-refractivity contribution in [2.24, 2.45) is 0 Å². The Balaban J connectivity index is 1.44. The highest BCUT2D eigenvalue weighted by molar-refractivity contribution is 5.50. The van der Waals surface area contributed by atoms with Crippen LogP contribution in [0.15, 0.2) is 103 Å². The second-order valence-electron chi connectivity index (χ2n) is 10.5. The van der Waals surface area contributed by atoms with E-state index in [1.807, 2.05) is 97.9 Å². The summed E-state index contributed by atoms with van der Waals surface area (Å²) in [5.41, 5.74) is 2.86. The van der Waals surface area contributed by atoms with Gasteiger partial charge in [0.1, 0.15) is 41.0 Å². The minimum atomic E-state index is -1.02. The van der Waals surface area contributed by atoms with Gasteiger partial charge < -0.3 is 28.8 Å². The van der Waals surface area contributed by atoms with Gasteiger partial charge in [-0.3, -0.25) is 0 Å². The molecular formula is C34H34O6. The Morgan fingerprint density at radius 3 is 1.90 bits per heavy atom. The van der Waals surface area contributed by atoms with Crippen LogP contribution in [0.1, 0.15) is 33.9 Å². The predicted molar refractivity (Wildman–Crippen MR) is 152 cm³/mol. The van der Waals surface area contributed by atoms with Crippen LogP contribution in [0, 0.1) is 6.92 Å². The molecule has 4 atom stereocenters. The highest BCUT2D eigenvalue weighted by atomic mass is 16.7. The molecule has 2 aliphatic heterocycles. The molecule has 6 nitrogen and oxygen atoms in total. The molecule has 0 saturated carbocycles. The van der Waals surface area contributed by atoms with E-state index in [0.29, 0.717) is 0 Å². The molecular weight excluding hydrogens is 504 g/mol. The van der Waals surface area contributed by atoms with Crippen LogP contribution >= 0.6 is 0 Å². The van der Waals surface area contributed by atoms with Gasteiger partial charge in [0.15, 0.2) is 0 Å². The Kier molecular flexibility index (Phi) is 7.11. The number of aliphatic hydroxyl groups is 1. The molecule has 4 aromatic rings. The molecule has 2 heterocycles. The summed E-state index contributed by atoms with van der Waals surface area (Å²) >= 11 is 0. The summed E-state index contributed by atoms with van der Waals surface area (Å²) < 4.78 is 30.8. The van der Waals surface area contributed by atoms with E-state index in [2.05, 4.69) is 12.1 Å². The normalized spacial score (nSPS) is 23.8. The van der Waals surface area contributed by atoms with Crippen molar-refractivity contribution in [2.45, 2.75) is 36.4 Å². The molecule has 1 N–H and O–H groups in total. The van der Waals surface area contributed by atoms with Gasteiger partial charge in [0, 0.05) is 0 Å².